The summed E-state index contributed by atoms with van der Waals surface area (Å²) in [4.78, 5) is 0. The Balaban J connectivity index is 1.91. The highest BCUT2D eigenvalue weighted by atomic mass is 16.5. The summed E-state index contributed by atoms with van der Waals surface area (Å²) in [6, 6.07) is 7.54. The normalized spacial score (nSPS) is 23.4. The molecule has 0 amide bonds. The van der Waals surface area contributed by atoms with E-state index in [1.807, 2.05) is 6.07 Å². The number of hydrogen-bond donors (Lipinski definition) is 2. The number of nitrogens with one attached hydrogen (secondary N) is 2. The second-order valence-electron chi connectivity index (χ2n) is 4.63. The standard InChI is InChI=1S/C13H18N2O/c1-16-12-4-2-3-10-11(15-9-5-6-9)7-8-14-13(10)12/h2-4,9,11,14-15H,5-8H2,1H3. The van der Waals surface area contributed by atoms with Crippen LogP contribution in [0.5, 0.6) is 5.75 Å². The van der Waals surface area contributed by atoms with Gasteiger partial charge >= 0.3 is 0 Å². The number of benzene rings is 1. The Hall–Kier alpha value is -1.22. The summed E-state index contributed by atoms with van der Waals surface area (Å²) in [6.07, 6.45) is 3.84. The topological polar surface area (TPSA) is 33.3 Å². The van der Waals surface area contributed by atoms with Crippen molar-refractivity contribution in [2.45, 2.75) is 31.3 Å². The Morgan fingerprint density at radius 2 is 2.19 bits per heavy atom. The van der Waals surface area contributed by atoms with Crippen LogP contribution in [0, 0.1) is 0 Å². The van der Waals surface area contributed by atoms with Crippen LogP contribution >= 0.6 is 0 Å². The van der Waals surface area contributed by atoms with Gasteiger partial charge in [-0.15, -0.1) is 0 Å². The second kappa shape index (κ2) is 3.98. The molecule has 3 rings (SSSR count). The van der Waals surface area contributed by atoms with Gasteiger partial charge in [0.1, 0.15) is 5.75 Å². The number of rotatable bonds is 3. The highest BCUT2D eigenvalue weighted by Gasteiger charge is 2.28. The van der Waals surface area contributed by atoms with Crippen molar-refractivity contribution in [1.29, 1.82) is 0 Å². The molecule has 1 saturated carbocycles. The predicted molar refractivity (Wildman–Crippen MR) is 65.0 cm³/mol. The highest BCUT2D eigenvalue weighted by Crippen LogP contribution is 2.38. The van der Waals surface area contributed by atoms with Gasteiger partial charge in [-0.3, -0.25) is 0 Å². The number of ether oxygens (including phenoxy) is 1. The molecule has 2 N–H and O–H groups in total. The Labute approximate surface area is 96.2 Å². The van der Waals surface area contributed by atoms with E-state index < -0.39 is 0 Å². The van der Waals surface area contributed by atoms with Gasteiger partial charge in [0.2, 0.25) is 0 Å². The van der Waals surface area contributed by atoms with Crippen LogP contribution < -0.4 is 15.4 Å². The maximum atomic E-state index is 5.39. The molecular formula is C13H18N2O. The summed E-state index contributed by atoms with van der Waals surface area (Å²) in [7, 11) is 1.73. The first-order valence-electron chi connectivity index (χ1n) is 6.05. The molecule has 1 aliphatic heterocycles. The lowest BCUT2D eigenvalue weighted by atomic mass is 9.97. The fraction of sp³-hybridized carbons (Fsp3) is 0.538. The van der Waals surface area contributed by atoms with Crippen LogP contribution in [0.2, 0.25) is 0 Å². The lowest BCUT2D eigenvalue weighted by molar-refractivity contribution is 0.412. The van der Waals surface area contributed by atoms with Crippen molar-refractivity contribution in [3.8, 4) is 5.75 Å². The van der Waals surface area contributed by atoms with Gasteiger partial charge in [0, 0.05) is 18.6 Å². The molecule has 0 aromatic heterocycles. The summed E-state index contributed by atoms with van der Waals surface area (Å²) in [5.41, 5.74) is 2.53. The molecule has 1 heterocycles. The molecule has 3 nitrogen and oxygen atoms in total. The molecule has 0 spiro atoms. The molecule has 1 aromatic rings. The maximum Gasteiger partial charge on any atom is 0.142 e. The first-order valence-corrected chi connectivity index (χ1v) is 6.05. The van der Waals surface area contributed by atoms with Crippen LogP contribution in [0.4, 0.5) is 5.69 Å². The second-order valence-corrected chi connectivity index (χ2v) is 4.63. The minimum absolute atomic E-state index is 0.499. The predicted octanol–water partition coefficient (Wildman–Crippen LogP) is 2.30. The Morgan fingerprint density at radius 3 is 2.94 bits per heavy atom. The van der Waals surface area contributed by atoms with Gasteiger partial charge in [-0.25, -0.2) is 0 Å². The summed E-state index contributed by atoms with van der Waals surface area (Å²) in [5, 5.41) is 7.15. The van der Waals surface area contributed by atoms with E-state index in [1.165, 1.54) is 24.1 Å². The van der Waals surface area contributed by atoms with E-state index in [-0.39, 0.29) is 0 Å². The van der Waals surface area contributed by atoms with E-state index in [0.717, 1.165) is 24.8 Å². The largest absolute Gasteiger partial charge is 0.495 e. The van der Waals surface area contributed by atoms with E-state index in [0.29, 0.717) is 6.04 Å². The monoisotopic (exact) mass is 218 g/mol. The molecule has 1 fully saturated rings. The van der Waals surface area contributed by atoms with Crippen LogP contribution in [-0.2, 0) is 0 Å². The van der Waals surface area contributed by atoms with Crippen molar-refractivity contribution in [3.05, 3.63) is 23.8 Å². The van der Waals surface area contributed by atoms with Gasteiger partial charge in [0.15, 0.2) is 0 Å². The minimum Gasteiger partial charge on any atom is -0.495 e. The lowest BCUT2D eigenvalue weighted by Gasteiger charge is -2.28. The number of para-hydroxylation sites is 1. The molecule has 86 valence electrons. The van der Waals surface area contributed by atoms with E-state index >= 15 is 0 Å². The van der Waals surface area contributed by atoms with Crippen LogP contribution in [0.15, 0.2) is 18.2 Å². The van der Waals surface area contributed by atoms with Crippen LogP contribution in [0.25, 0.3) is 0 Å². The Bertz CT molecular complexity index is 388. The van der Waals surface area contributed by atoms with Crippen LogP contribution in [0.1, 0.15) is 30.9 Å². The molecular weight excluding hydrogens is 200 g/mol. The molecule has 16 heavy (non-hydrogen) atoms. The van der Waals surface area contributed by atoms with Crippen molar-refractivity contribution in [2.24, 2.45) is 0 Å². The van der Waals surface area contributed by atoms with Gasteiger partial charge in [-0.1, -0.05) is 12.1 Å². The van der Waals surface area contributed by atoms with Crippen LogP contribution in [0.3, 0.4) is 0 Å². The van der Waals surface area contributed by atoms with Crippen molar-refractivity contribution in [3.63, 3.8) is 0 Å². The third-order valence-corrected chi connectivity index (χ3v) is 3.40. The summed E-state index contributed by atoms with van der Waals surface area (Å²) in [5.74, 6) is 0.958. The van der Waals surface area contributed by atoms with Gasteiger partial charge < -0.3 is 15.4 Å². The molecule has 0 radical (unpaired) electrons. The molecule has 1 aromatic carbocycles. The number of anilines is 1. The average Bonchev–Trinajstić information content (AvgIpc) is 3.13. The lowest BCUT2D eigenvalue weighted by Crippen LogP contribution is -2.29. The van der Waals surface area contributed by atoms with E-state index in [1.54, 1.807) is 7.11 Å². The first-order chi connectivity index (χ1) is 7.88. The smallest absolute Gasteiger partial charge is 0.142 e. The van der Waals surface area contributed by atoms with Crippen molar-refractivity contribution in [2.75, 3.05) is 19.0 Å². The number of fused-ring (bicyclic) bond motifs is 1. The fourth-order valence-electron chi connectivity index (χ4n) is 2.40. The van der Waals surface area contributed by atoms with E-state index in [9.17, 15) is 0 Å². The minimum atomic E-state index is 0.499. The van der Waals surface area contributed by atoms with Gasteiger partial charge in [-0.2, -0.15) is 0 Å². The van der Waals surface area contributed by atoms with E-state index in [4.69, 9.17) is 4.74 Å². The van der Waals surface area contributed by atoms with Crippen molar-refractivity contribution in [1.82, 2.24) is 5.32 Å². The Kier molecular flexibility index (Phi) is 2.48. The summed E-state index contributed by atoms with van der Waals surface area (Å²) >= 11 is 0. The molecule has 1 unspecified atom stereocenters. The first kappa shape index (κ1) is 9.97. The molecule has 1 aliphatic carbocycles. The van der Waals surface area contributed by atoms with E-state index in [2.05, 4.69) is 22.8 Å². The average molecular weight is 218 g/mol. The quantitative estimate of drug-likeness (QED) is 0.816. The molecule has 3 heteroatoms. The zero-order valence-electron chi connectivity index (χ0n) is 9.62. The SMILES string of the molecule is COc1cccc2c1NCCC2NC1CC1. The fourth-order valence-corrected chi connectivity index (χ4v) is 2.40. The number of methoxy groups -OCH3 is 1. The van der Waals surface area contributed by atoms with Crippen molar-refractivity contribution < 1.29 is 4.74 Å². The maximum absolute atomic E-state index is 5.39. The molecule has 0 saturated heterocycles. The summed E-state index contributed by atoms with van der Waals surface area (Å²) in [6.45, 7) is 1.03. The Morgan fingerprint density at radius 1 is 1.31 bits per heavy atom. The van der Waals surface area contributed by atoms with Crippen molar-refractivity contribution >= 4 is 5.69 Å². The van der Waals surface area contributed by atoms with Gasteiger partial charge in [0.05, 0.1) is 12.8 Å². The molecule has 2 aliphatic rings. The zero-order chi connectivity index (χ0) is 11.0. The zero-order valence-corrected chi connectivity index (χ0v) is 9.62. The third-order valence-electron chi connectivity index (χ3n) is 3.40. The van der Waals surface area contributed by atoms with Gasteiger partial charge in [-0.05, 0) is 30.9 Å². The molecule has 0 bridgehead atoms. The number of hydrogen-bond acceptors (Lipinski definition) is 3. The summed E-state index contributed by atoms with van der Waals surface area (Å²) < 4.78 is 5.39. The third kappa shape index (κ3) is 1.76. The molecule has 1 atom stereocenters. The van der Waals surface area contributed by atoms with Crippen LogP contribution in [-0.4, -0.2) is 19.7 Å². The highest BCUT2D eigenvalue weighted by molar-refractivity contribution is 5.64. The van der Waals surface area contributed by atoms with Gasteiger partial charge in [0.25, 0.3) is 0 Å².